The van der Waals surface area contributed by atoms with Gasteiger partial charge < -0.3 is 15.2 Å². The molecule has 1 aliphatic carbocycles. The Hall–Kier alpha value is -1.59. The van der Waals surface area contributed by atoms with E-state index < -0.39 is 0 Å². The number of nitrogens with two attached hydrogens (primary N) is 1. The van der Waals surface area contributed by atoms with Crippen LogP contribution in [-0.2, 0) is 0 Å². The Kier molecular flexibility index (Phi) is 3.38. The summed E-state index contributed by atoms with van der Waals surface area (Å²) in [7, 11) is 1.48. The van der Waals surface area contributed by atoms with Gasteiger partial charge in [0.2, 0.25) is 5.95 Å². The smallest absolute Gasteiger partial charge is 0.324 e. The normalized spacial score (nSPS) is 16.3. The van der Waals surface area contributed by atoms with Crippen LogP contribution in [0.5, 0.6) is 12.0 Å². The molecule has 0 saturated heterocycles. The van der Waals surface area contributed by atoms with Gasteiger partial charge in [-0.3, -0.25) is 0 Å². The van der Waals surface area contributed by atoms with Gasteiger partial charge in [-0.1, -0.05) is 12.8 Å². The van der Waals surface area contributed by atoms with Crippen LogP contribution in [0.1, 0.15) is 25.7 Å². The number of nitrogens with zero attached hydrogens (tertiary/aromatic N) is 3. The Bertz CT molecular complexity index is 353. The summed E-state index contributed by atoms with van der Waals surface area (Å²) >= 11 is 0. The van der Waals surface area contributed by atoms with Gasteiger partial charge in [0.05, 0.1) is 13.7 Å². The molecule has 0 aliphatic heterocycles. The van der Waals surface area contributed by atoms with E-state index in [4.69, 9.17) is 15.2 Å². The molecule has 16 heavy (non-hydrogen) atoms. The van der Waals surface area contributed by atoms with Gasteiger partial charge in [0.15, 0.2) is 0 Å². The average Bonchev–Trinajstić information content (AvgIpc) is 2.78. The van der Waals surface area contributed by atoms with Crippen molar-refractivity contribution in [3.8, 4) is 12.0 Å². The molecule has 0 spiro atoms. The molecular weight excluding hydrogens is 208 g/mol. The average molecular weight is 224 g/mol. The zero-order valence-corrected chi connectivity index (χ0v) is 9.35. The second-order valence-electron chi connectivity index (χ2n) is 3.92. The molecular formula is C10H16N4O2. The lowest BCUT2D eigenvalue weighted by atomic mass is 10.1. The predicted octanol–water partition coefficient (Wildman–Crippen LogP) is 1.03. The van der Waals surface area contributed by atoms with Crippen LogP contribution >= 0.6 is 0 Å². The van der Waals surface area contributed by atoms with Gasteiger partial charge >= 0.3 is 12.0 Å². The molecule has 0 radical (unpaired) electrons. The summed E-state index contributed by atoms with van der Waals surface area (Å²) in [5.41, 5.74) is 5.50. The Morgan fingerprint density at radius 2 is 1.88 bits per heavy atom. The first-order valence-electron chi connectivity index (χ1n) is 5.46. The van der Waals surface area contributed by atoms with E-state index in [0.717, 1.165) is 0 Å². The third-order valence-electron chi connectivity index (χ3n) is 2.72. The molecule has 1 aromatic rings. The number of methoxy groups -OCH3 is 1. The Balaban J connectivity index is 1.94. The Morgan fingerprint density at radius 3 is 2.56 bits per heavy atom. The summed E-state index contributed by atoms with van der Waals surface area (Å²) < 4.78 is 10.4. The fourth-order valence-electron chi connectivity index (χ4n) is 1.88. The molecule has 0 bridgehead atoms. The van der Waals surface area contributed by atoms with Crippen molar-refractivity contribution in [2.75, 3.05) is 19.5 Å². The molecule has 2 rings (SSSR count). The topological polar surface area (TPSA) is 83.2 Å². The van der Waals surface area contributed by atoms with Gasteiger partial charge in [-0.05, 0) is 18.8 Å². The lowest BCUT2D eigenvalue weighted by Gasteiger charge is -2.10. The lowest BCUT2D eigenvalue weighted by molar-refractivity contribution is 0.229. The van der Waals surface area contributed by atoms with Crippen LogP contribution in [0.15, 0.2) is 0 Å². The SMILES string of the molecule is COc1nc(N)nc(OCC2CCCC2)n1. The van der Waals surface area contributed by atoms with E-state index in [0.29, 0.717) is 12.5 Å². The highest BCUT2D eigenvalue weighted by Crippen LogP contribution is 2.25. The highest BCUT2D eigenvalue weighted by molar-refractivity contribution is 5.20. The molecule has 0 aromatic carbocycles. The molecule has 1 aromatic heterocycles. The van der Waals surface area contributed by atoms with E-state index in [-0.39, 0.29) is 18.0 Å². The van der Waals surface area contributed by atoms with Crippen LogP contribution < -0.4 is 15.2 Å². The number of nitrogen functional groups attached to an aromatic ring is 1. The number of hydrogen-bond donors (Lipinski definition) is 1. The van der Waals surface area contributed by atoms with Crippen molar-refractivity contribution < 1.29 is 9.47 Å². The monoisotopic (exact) mass is 224 g/mol. The first kappa shape index (κ1) is 10.9. The van der Waals surface area contributed by atoms with Crippen LogP contribution in [0.25, 0.3) is 0 Å². The third kappa shape index (κ3) is 2.71. The standard InChI is InChI=1S/C10H16N4O2/c1-15-9-12-8(11)13-10(14-9)16-6-7-4-2-3-5-7/h7H,2-6H2,1H3,(H2,11,12,13,14). The summed E-state index contributed by atoms with van der Waals surface area (Å²) in [6, 6.07) is 0.435. The first-order chi connectivity index (χ1) is 7.78. The van der Waals surface area contributed by atoms with E-state index in [9.17, 15) is 0 Å². The van der Waals surface area contributed by atoms with Crippen molar-refractivity contribution in [2.45, 2.75) is 25.7 Å². The minimum Gasteiger partial charge on any atom is -0.467 e. The highest BCUT2D eigenvalue weighted by atomic mass is 16.5. The first-order valence-corrected chi connectivity index (χ1v) is 5.46. The number of rotatable bonds is 4. The summed E-state index contributed by atoms with van der Waals surface area (Å²) in [5.74, 6) is 0.734. The van der Waals surface area contributed by atoms with Gasteiger partial charge in [0, 0.05) is 0 Å². The highest BCUT2D eigenvalue weighted by Gasteiger charge is 2.16. The Labute approximate surface area is 94.2 Å². The summed E-state index contributed by atoms with van der Waals surface area (Å²) in [6.07, 6.45) is 5.02. The maximum Gasteiger partial charge on any atom is 0.324 e. The minimum absolute atomic E-state index is 0.119. The van der Waals surface area contributed by atoms with Crippen LogP contribution in [-0.4, -0.2) is 28.7 Å². The van der Waals surface area contributed by atoms with Crippen molar-refractivity contribution in [1.82, 2.24) is 15.0 Å². The van der Waals surface area contributed by atoms with Gasteiger partial charge in [0.25, 0.3) is 0 Å². The number of anilines is 1. The van der Waals surface area contributed by atoms with Crippen molar-refractivity contribution in [2.24, 2.45) is 5.92 Å². The lowest BCUT2D eigenvalue weighted by Crippen LogP contribution is -2.11. The molecule has 0 atom stereocenters. The molecule has 1 fully saturated rings. The third-order valence-corrected chi connectivity index (χ3v) is 2.72. The van der Waals surface area contributed by atoms with E-state index in [2.05, 4.69) is 15.0 Å². The molecule has 6 nitrogen and oxygen atoms in total. The molecule has 88 valence electrons. The summed E-state index contributed by atoms with van der Waals surface area (Å²) in [5, 5.41) is 0. The van der Waals surface area contributed by atoms with Crippen molar-refractivity contribution in [3.63, 3.8) is 0 Å². The van der Waals surface area contributed by atoms with Gasteiger partial charge in [-0.2, -0.15) is 9.97 Å². The zero-order chi connectivity index (χ0) is 11.4. The number of aromatic nitrogens is 3. The largest absolute Gasteiger partial charge is 0.467 e. The number of hydrogen-bond acceptors (Lipinski definition) is 6. The van der Waals surface area contributed by atoms with E-state index in [1.54, 1.807) is 0 Å². The molecule has 1 saturated carbocycles. The van der Waals surface area contributed by atoms with E-state index >= 15 is 0 Å². The van der Waals surface area contributed by atoms with Crippen LogP contribution in [0.2, 0.25) is 0 Å². The fraction of sp³-hybridized carbons (Fsp3) is 0.700. The maximum atomic E-state index is 5.50. The van der Waals surface area contributed by atoms with E-state index in [1.807, 2.05) is 0 Å². The van der Waals surface area contributed by atoms with E-state index in [1.165, 1.54) is 32.8 Å². The van der Waals surface area contributed by atoms with Crippen molar-refractivity contribution in [1.29, 1.82) is 0 Å². The van der Waals surface area contributed by atoms with Gasteiger partial charge in [-0.15, -0.1) is 4.98 Å². The maximum absolute atomic E-state index is 5.50. The summed E-state index contributed by atoms with van der Waals surface area (Å²) in [4.78, 5) is 11.6. The second-order valence-corrected chi connectivity index (χ2v) is 3.92. The molecule has 1 heterocycles. The molecule has 1 aliphatic rings. The van der Waals surface area contributed by atoms with Crippen LogP contribution in [0.3, 0.4) is 0 Å². The Morgan fingerprint density at radius 1 is 1.19 bits per heavy atom. The molecule has 6 heteroatoms. The van der Waals surface area contributed by atoms with Gasteiger partial charge in [0.1, 0.15) is 0 Å². The second kappa shape index (κ2) is 4.96. The van der Waals surface area contributed by atoms with Crippen molar-refractivity contribution >= 4 is 5.95 Å². The molecule has 0 amide bonds. The quantitative estimate of drug-likeness (QED) is 0.822. The van der Waals surface area contributed by atoms with Gasteiger partial charge in [-0.25, -0.2) is 0 Å². The summed E-state index contributed by atoms with van der Waals surface area (Å²) in [6.45, 7) is 0.645. The van der Waals surface area contributed by atoms with Crippen molar-refractivity contribution in [3.05, 3.63) is 0 Å². The zero-order valence-electron chi connectivity index (χ0n) is 9.35. The molecule has 0 unspecified atom stereocenters. The van der Waals surface area contributed by atoms with Crippen LogP contribution in [0, 0.1) is 5.92 Å². The fourth-order valence-corrected chi connectivity index (χ4v) is 1.88. The molecule has 2 N–H and O–H groups in total. The number of ether oxygens (including phenoxy) is 2. The minimum atomic E-state index is 0.119. The van der Waals surface area contributed by atoms with Crippen LogP contribution in [0.4, 0.5) is 5.95 Å². The predicted molar refractivity (Wildman–Crippen MR) is 58.2 cm³/mol.